The molecular formula is C14H15FN4O2. The average molecular weight is 290 g/mol. The molecular weight excluding hydrogens is 275 g/mol. The van der Waals surface area contributed by atoms with Crippen molar-refractivity contribution in [3.63, 3.8) is 0 Å². The van der Waals surface area contributed by atoms with E-state index in [1.165, 1.54) is 12.1 Å². The van der Waals surface area contributed by atoms with Crippen LogP contribution in [0.2, 0.25) is 0 Å². The number of rotatable bonds is 2. The van der Waals surface area contributed by atoms with Gasteiger partial charge in [0.25, 0.3) is 0 Å². The van der Waals surface area contributed by atoms with Crippen molar-refractivity contribution in [2.45, 2.75) is 0 Å². The molecule has 1 aromatic heterocycles. The van der Waals surface area contributed by atoms with Gasteiger partial charge in [0.15, 0.2) is 0 Å². The van der Waals surface area contributed by atoms with Gasteiger partial charge in [-0.05, 0) is 25.2 Å². The summed E-state index contributed by atoms with van der Waals surface area (Å²) in [7, 11) is 2.01. The molecule has 0 N–H and O–H groups in total. The lowest BCUT2D eigenvalue weighted by Gasteiger charge is -2.31. The SMILES string of the molecule is CN1CCN(C(=O)c2nnc(-c3cccc(F)c3)o2)CC1. The summed E-state index contributed by atoms with van der Waals surface area (Å²) in [4.78, 5) is 16.1. The van der Waals surface area contributed by atoms with E-state index in [0.717, 1.165) is 13.1 Å². The zero-order valence-corrected chi connectivity index (χ0v) is 11.6. The maximum Gasteiger partial charge on any atom is 0.311 e. The number of hydrogen-bond donors (Lipinski definition) is 0. The molecule has 1 saturated heterocycles. The third-order valence-electron chi connectivity index (χ3n) is 3.47. The van der Waals surface area contributed by atoms with Gasteiger partial charge in [0.1, 0.15) is 5.82 Å². The maximum absolute atomic E-state index is 13.2. The molecule has 1 aliphatic rings. The molecule has 0 unspecified atom stereocenters. The minimum atomic E-state index is -0.391. The predicted molar refractivity (Wildman–Crippen MR) is 73.1 cm³/mol. The van der Waals surface area contributed by atoms with Crippen molar-refractivity contribution in [2.24, 2.45) is 0 Å². The van der Waals surface area contributed by atoms with Crippen LogP contribution < -0.4 is 0 Å². The van der Waals surface area contributed by atoms with E-state index in [9.17, 15) is 9.18 Å². The summed E-state index contributed by atoms with van der Waals surface area (Å²) in [6, 6.07) is 5.82. The second kappa shape index (κ2) is 5.61. The van der Waals surface area contributed by atoms with Crippen molar-refractivity contribution in [3.8, 4) is 11.5 Å². The summed E-state index contributed by atoms with van der Waals surface area (Å²) in [5, 5.41) is 7.59. The lowest BCUT2D eigenvalue weighted by molar-refractivity contribution is 0.0625. The fourth-order valence-electron chi connectivity index (χ4n) is 2.19. The highest BCUT2D eigenvalue weighted by molar-refractivity contribution is 5.89. The Morgan fingerprint density at radius 3 is 2.71 bits per heavy atom. The number of halogens is 1. The predicted octanol–water partition coefficient (Wildman–Crippen LogP) is 1.26. The van der Waals surface area contributed by atoms with E-state index in [-0.39, 0.29) is 17.7 Å². The number of carbonyl (C=O) groups excluding carboxylic acids is 1. The Morgan fingerprint density at radius 1 is 1.24 bits per heavy atom. The second-order valence-corrected chi connectivity index (χ2v) is 5.02. The Bertz CT molecular complexity index is 650. The van der Waals surface area contributed by atoms with Gasteiger partial charge in [-0.15, -0.1) is 10.2 Å². The third-order valence-corrected chi connectivity index (χ3v) is 3.47. The Labute approximate surface area is 121 Å². The van der Waals surface area contributed by atoms with Crippen molar-refractivity contribution in [2.75, 3.05) is 33.2 Å². The number of benzene rings is 1. The lowest BCUT2D eigenvalue weighted by Crippen LogP contribution is -2.47. The number of hydrogen-bond acceptors (Lipinski definition) is 5. The number of nitrogens with zero attached hydrogens (tertiary/aromatic N) is 4. The van der Waals surface area contributed by atoms with Gasteiger partial charge in [0, 0.05) is 31.7 Å². The average Bonchev–Trinajstić information content (AvgIpc) is 2.97. The van der Waals surface area contributed by atoms with Crippen molar-refractivity contribution in [3.05, 3.63) is 36.0 Å². The van der Waals surface area contributed by atoms with E-state index >= 15 is 0 Å². The van der Waals surface area contributed by atoms with Crippen LogP contribution in [0.25, 0.3) is 11.5 Å². The first-order valence-electron chi connectivity index (χ1n) is 6.71. The third kappa shape index (κ3) is 2.92. The van der Waals surface area contributed by atoms with Crippen molar-refractivity contribution >= 4 is 5.91 Å². The minimum Gasteiger partial charge on any atom is -0.412 e. The molecule has 0 bridgehead atoms. The summed E-state index contributed by atoms with van der Waals surface area (Å²) in [5.41, 5.74) is 0.458. The van der Waals surface area contributed by atoms with Crippen molar-refractivity contribution in [1.82, 2.24) is 20.0 Å². The molecule has 1 aliphatic heterocycles. The molecule has 0 aliphatic carbocycles. The number of carbonyl (C=O) groups is 1. The molecule has 2 heterocycles. The van der Waals surface area contributed by atoms with Gasteiger partial charge in [-0.3, -0.25) is 4.79 Å². The lowest BCUT2D eigenvalue weighted by atomic mass is 10.2. The molecule has 0 radical (unpaired) electrons. The Balaban J connectivity index is 1.77. The van der Waals surface area contributed by atoms with Crippen molar-refractivity contribution < 1.29 is 13.6 Å². The van der Waals surface area contributed by atoms with Crippen LogP contribution in [0.15, 0.2) is 28.7 Å². The molecule has 0 spiro atoms. The van der Waals surface area contributed by atoms with E-state index in [1.807, 2.05) is 7.05 Å². The zero-order chi connectivity index (χ0) is 14.8. The molecule has 1 fully saturated rings. The zero-order valence-electron chi connectivity index (χ0n) is 11.6. The van der Waals surface area contributed by atoms with Crippen LogP contribution in [0.1, 0.15) is 10.7 Å². The highest BCUT2D eigenvalue weighted by atomic mass is 19.1. The molecule has 0 saturated carbocycles. The van der Waals surface area contributed by atoms with Gasteiger partial charge < -0.3 is 14.2 Å². The number of piperazine rings is 1. The van der Waals surface area contributed by atoms with E-state index in [2.05, 4.69) is 15.1 Å². The maximum atomic E-state index is 13.2. The fourth-order valence-corrected chi connectivity index (χ4v) is 2.19. The van der Waals surface area contributed by atoms with Crippen LogP contribution in [0.4, 0.5) is 4.39 Å². The molecule has 1 amide bonds. The molecule has 21 heavy (non-hydrogen) atoms. The van der Waals surface area contributed by atoms with Crippen LogP contribution >= 0.6 is 0 Å². The van der Waals surface area contributed by atoms with Crippen LogP contribution in [0, 0.1) is 5.82 Å². The molecule has 1 aromatic carbocycles. The highest BCUT2D eigenvalue weighted by Gasteiger charge is 2.25. The second-order valence-electron chi connectivity index (χ2n) is 5.02. The molecule has 0 atom stereocenters. The van der Waals surface area contributed by atoms with Crippen LogP contribution in [0.5, 0.6) is 0 Å². The van der Waals surface area contributed by atoms with Crippen LogP contribution in [-0.4, -0.2) is 59.1 Å². The van der Waals surface area contributed by atoms with E-state index in [0.29, 0.717) is 18.7 Å². The monoisotopic (exact) mass is 290 g/mol. The molecule has 2 aromatic rings. The van der Waals surface area contributed by atoms with Gasteiger partial charge in [-0.2, -0.15) is 0 Å². The summed E-state index contributed by atoms with van der Waals surface area (Å²) < 4.78 is 18.5. The van der Waals surface area contributed by atoms with E-state index in [1.54, 1.807) is 17.0 Å². The summed E-state index contributed by atoms with van der Waals surface area (Å²) >= 11 is 0. The summed E-state index contributed by atoms with van der Waals surface area (Å²) in [6.45, 7) is 2.90. The minimum absolute atomic E-state index is 0.0567. The normalized spacial score (nSPS) is 16.2. The standard InChI is InChI=1S/C14H15FN4O2/c1-18-5-7-19(8-6-18)14(20)13-17-16-12(21-13)10-3-2-4-11(15)9-10/h2-4,9H,5-8H2,1H3. The van der Waals surface area contributed by atoms with Gasteiger partial charge in [0.2, 0.25) is 5.89 Å². The van der Waals surface area contributed by atoms with Crippen LogP contribution in [0.3, 0.4) is 0 Å². The fraction of sp³-hybridized carbons (Fsp3) is 0.357. The summed E-state index contributed by atoms with van der Waals surface area (Å²) in [6.07, 6.45) is 0. The topological polar surface area (TPSA) is 62.5 Å². The molecule has 6 nitrogen and oxygen atoms in total. The Morgan fingerprint density at radius 2 is 2.00 bits per heavy atom. The van der Waals surface area contributed by atoms with Gasteiger partial charge >= 0.3 is 11.8 Å². The van der Waals surface area contributed by atoms with Crippen molar-refractivity contribution in [1.29, 1.82) is 0 Å². The van der Waals surface area contributed by atoms with Gasteiger partial charge in [0.05, 0.1) is 0 Å². The Kier molecular flexibility index (Phi) is 3.66. The summed E-state index contributed by atoms with van der Waals surface area (Å²) in [5.74, 6) is -0.582. The first-order chi connectivity index (χ1) is 10.1. The van der Waals surface area contributed by atoms with Crippen LogP contribution in [-0.2, 0) is 0 Å². The number of likely N-dealkylation sites (N-methyl/N-ethyl adjacent to an activating group) is 1. The van der Waals surface area contributed by atoms with E-state index < -0.39 is 5.82 Å². The largest absolute Gasteiger partial charge is 0.412 e. The molecule has 3 rings (SSSR count). The highest BCUT2D eigenvalue weighted by Crippen LogP contribution is 2.19. The smallest absolute Gasteiger partial charge is 0.311 e. The van der Waals surface area contributed by atoms with Gasteiger partial charge in [-0.1, -0.05) is 6.07 Å². The van der Waals surface area contributed by atoms with Gasteiger partial charge in [-0.25, -0.2) is 4.39 Å². The van der Waals surface area contributed by atoms with E-state index in [4.69, 9.17) is 4.42 Å². The first-order valence-corrected chi connectivity index (χ1v) is 6.71. The molecule has 7 heteroatoms. The molecule has 110 valence electrons. The first kappa shape index (κ1) is 13.7. The Hall–Kier alpha value is -2.28. The quantitative estimate of drug-likeness (QED) is 0.833. The number of amides is 1. The number of aromatic nitrogens is 2.